The van der Waals surface area contributed by atoms with Gasteiger partial charge in [0.1, 0.15) is 0 Å². The zero-order valence-corrected chi connectivity index (χ0v) is 13.6. The maximum absolute atomic E-state index is 12.2. The first-order valence-corrected chi connectivity index (χ1v) is 8.34. The predicted octanol–water partition coefficient (Wildman–Crippen LogP) is 1.10. The highest BCUT2D eigenvalue weighted by Gasteiger charge is 2.55. The van der Waals surface area contributed by atoms with Crippen molar-refractivity contribution in [2.45, 2.75) is 45.6 Å². The van der Waals surface area contributed by atoms with Crippen LogP contribution in [0, 0.1) is 11.3 Å². The predicted molar refractivity (Wildman–Crippen MR) is 82.6 cm³/mol. The normalized spacial score (nSPS) is 29.3. The number of aliphatic carboxylic acids is 1. The van der Waals surface area contributed by atoms with Crippen LogP contribution in [-0.2, 0) is 14.3 Å². The zero-order valence-electron chi connectivity index (χ0n) is 13.6. The zero-order chi connectivity index (χ0) is 16.2. The molecule has 0 aromatic rings. The van der Waals surface area contributed by atoms with Gasteiger partial charge in [-0.15, -0.1) is 0 Å². The molecule has 22 heavy (non-hydrogen) atoms. The summed E-state index contributed by atoms with van der Waals surface area (Å²) in [5.41, 5.74) is -0.622. The quantitative estimate of drug-likeness (QED) is 0.656. The van der Waals surface area contributed by atoms with Gasteiger partial charge in [0.05, 0.1) is 11.5 Å². The summed E-state index contributed by atoms with van der Waals surface area (Å²) in [6, 6.07) is -0.270. The maximum Gasteiger partial charge on any atom is 0.311 e. The van der Waals surface area contributed by atoms with Gasteiger partial charge in [0, 0.05) is 32.8 Å². The average Bonchev–Trinajstić information content (AvgIpc) is 3.03. The van der Waals surface area contributed by atoms with Crippen molar-refractivity contribution in [3.05, 3.63) is 0 Å². The standard InChI is InChI=1S/C16H28N2O4/c1-3-22-9-5-8-17-14(19)12(2)18-10-13-6-4-7-16(13,11-18)15(20)21/h12-13H,3-11H2,1-2H3,(H,17,19)(H,20,21)/t12?,13-,16+/m0/s1. The molecule has 0 aromatic carbocycles. The number of rotatable bonds is 8. The molecule has 1 saturated heterocycles. The Balaban J connectivity index is 1.82. The van der Waals surface area contributed by atoms with Crippen LogP contribution in [0.4, 0.5) is 0 Å². The van der Waals surface area contributed by atoms with E-state index in [-0.39, 0.29) is 17.9 Å². The van der Waals surface area contributed by atoms with Crippen LogP contribution in [0.3, 0.4) is 0 Å². The van der Waals surface area contributed by atoms with Crippen LogP contribution >= 0.6 is 0 Å². The minimum absolute atomic E-state index is 0.0167. The summed E-state index contributed by atoms with van der Waals surface area (Å²) in [4.78, 5) is 25.9. The lowest BCUT2D eigenvalue weighted by atomic mass is 9.81. The molecule has 2 rings (SSSR count). The molecule has 1 aliphatic carbocycles. The summed E-state index contributed by atoms with van der Waals surface area (Å²) >= 11 is 0. The number of carbonyl (C=O) groups is 2. The number of fused-ring (bicyclic) bond motifs is 1. The molecule has 1 aliphatic heterocycles. The van der Waals surface area contributed by atoms with Crippen molar-refractivity contribution in [2.24, 2.45) is 11.3 Å². The number of hydrogen-bond donors (Lipinski definition) is 2. The second-order valence-electron chi connectivity index (χ2n) is 6.50. The number of nitrogens with one attached hydrogen (secondary N) is 1. The van der Waals surface area contributed by atoms with Crippen LogP contribution in [0.5, 0.6) is 0 Å². The second kappa shape index (κ2) is 7.42. The number of likely N-dealkylation sites (tertiary alicyclic amines) is 1. The first-order chi connectivity index (χ1) is 10.5. The highest BCUT2D eigenvalue weighted by molar-refractivity contribution is 5.82. The van der Waals surface area contributed by atoms with Crippen LogP contribution in [0.2, 0.25) is 0 Å². The summed E-state index contributed by atoms with van der Waals surface area (Å²) < 4.78 is 5.24. The number of carboxylic acid groups (broad SMARTS) is 1. The summed E-state index contributed by atoms with van der Waals surface area (Å²) in [5.74, 6) is -0.517. The van der Waals surface area contributed by atoms with Gasteiger partial charge >= 0.3 is 5.97 Å². The van der Waals surface area contributed by atoms with Crippen LogP contribution < -0.4 is 5.32 Å². The lowest BCUT2D eigenvalue weighted by Gasteiger charge is -2.26. The molecular formula is C16H28N2O4. The number of carboxylic acids is 1. The van der Waals surface area contributed by atoms with E-state index >= 15 is 0 Å². The van der Waals surface area contributed by atoms with Crippen molar-refractivity contribution in [1.29, 1.82) is 0 Å². The lowest BCUT2D eigenvalue weighted by molar-refractivity contribution is -0.149. The Hall–Kier alpha value is -1.14. The molecule has 1 unspecified atom stereocenters. The minimum atomic E-state index is -0.693. The van der Waals surface area contributed by atoms with Gasteiger partial charge < -0.3 is 15.2 Å². The number of ether oxygens (including phenoxy) is 1. The average molecular weight is 312 g/mol. The van der Waals surface area contributed by atoms with Gasteiger partial charge in [0.25, 0.3) is 0 Å². The molecule has 0 aromatic heterocycles. The van der Waals surface area contributed by atoms with E-state index in [0.717, 1.165) is 32.2 Å². The smallest absolute Gasteiger partial charge is 0.311 e. The molecule has 2 fully saturated rings. The Morgan fingerprint density at radius 2 is 2.27 bits per heavy atom. The Morgan fingerprint density at radius 3 is 2.91 bits per heavy atom. The van der Waals surface area contributed by atoms with Gasteiger partial charge in [0.2, 0.25) is 5.91 Å². The summed E-state index contributed by atoms with van der Waals surface area (Å²) in [6.45, 7) is 6.98. The molecule has 2 aliphatic rings. The monoisotopic (exact) mass is 312 g/mol. The molecule has 1 amide bonds. The third kappa shape index (κ3) is 3.43. The van der Waals surface area contributed by atoms with Crippen LogP contribution in [0.15, 0.2) is 0 Å². The molecule has 0 spiro atoms. The number of hydrogen-bond acceptors (Lipinski definition) is 4. The Kier molecular flexibility index (Phi) is 5.81. The van der Waals surface area contributed by atoms with Gasteiger partial charge in [-0.25, -0.2) is 0 Å². The molecule has 6 heteroatoms. The molecule has 126 valence electrons. The van der Waals surface area contributed by atoms with E-state index in [4.69, 9.17) is 4.74 Å². The molecule has 2 N–H and O–H groups in total. The Labute approximate surface area is 132 Å². The van der Waals surface area contributed by atoms with Crippen molar-refractivity contribution >= 4 is 11.9 Å². The van der Waals surface area contributed by atoms with E-state index in [1.807, 2.05) is 18.7 Å². The molecule has 0 radical (unpaired) electrons. The van der Waals surface area contributed by atoms with Crippen molar-refractivity contribution in [3.63, 3.8) is 0 Å². The Bertz CT molecular complexity index is 415. The molecule has 3 atom stereocenters. The number of amides is 1. The maximum atomic E-state index is 12.2. The molecule has 0 bridgehead atoms. The Morgan fingerprint density at radius 1 is 1.50 bits per heavy atom. The van der Waals surface area contributed by atoms with Gasteiger partial charge in [-0.2, -0.15) is 0 Å². The molecule has 1 heterocycles. The SMILES string of the molecule is CCOCCCNC(=O)C(C)N1C[C@@H]2CCC[C@@]2(C(=O)O)C1. The van der Waals surface area contributed by atoms with E-state index in [1.165, 1.54) is 0 Å². The van der Waals surface area contributed by atoms with E-state index in [1.54, 1.807) is 0 Å². The van der Waals surface area contributed by atoms with E-state index in [2.05, 4.69) is 5.32 Å². The van der Waals surface area contributed by atoms with Gasteiger partial charge in [0.15, 0.2) is 0 Å². The highest BCUT2D eigenvalue weighted by atomic mass is 16.5. The van der Waals surface area contributed by atoms with Gasteiger partial charge in [-0.1, -0.05) is 6.42 Å². The summed E-state index contributed by atoms with van der Waals surface area (Å²) in [5, 5.41) is 12.5. The van der Waals surface area contributed by atoms with Crippen molar-refractivity contribution in [3.8, 4) is 0 Å². The fraction of sp³-hybridized carbons (Fsp3) is 0.875. The molecule has 6 nitrogen and oxygen atoms in total. The van der Waals surface area contributed by atoms with Crippen molar-refractivity contribution in [2.75, 3.05) is 32.8 Å². The fourth-order valence-electron chi connectivity index (χ4n) is 3.82. The summed E-state index contributed by atoms with van der Waals surface area (Å²) in [6.07, 6.45) is 3.49. The fourth-order valence-corrected chi connectivity index (χ4v) is 3.82. The van der Waals surface area contributed by atoms with Gasteiger partial charge in [-0.3, -0.25) is 14.5 Å². The third-order valence-corrected chi connectivity index (χ3v) is 5.22. The first kappa shape index (κ1) is 17.2. The largest absolute Gasteiger partial charge is 0.481 e. The summed E-state index contributed by atoms with van der Waals surface area (Å²) in [7, 11) is 0. The number of nitrogens with zero attached hydrogens (tertiary/aromatic N) is 1. The molecular weight excluding hydrogens is 284 g/mol. The first-order valence-electron chi connectivity index (χ1n) is 8.34. The van der Waals surface area contributed by atoms with E-state index in [9.17, 15) is 14.7 Å². The second-order valence-corrected chi connectivity index (χ2v) is 6.50. The molecule has 1 saturated carbocycles. The minimum Gasteiger partial charge on any atom is -0.481 e. The van der Waals surface area contributed by atoms with Gasteiger partial charge in [-0.05, 0) is 39.0 Å². The van der Waals surface area contributed by atoms with Crippen LogP contribution in [0.1, 0.15) is 39.5 Å². The van der Waals surface area contributed by atoms with Crippen LogP contribution in [0.25, 0.3) is 0 Å². The van der Waals surface area contributed by atoms with Crippen molar-refractivity contribution in [1.82, 2.24) is 10.2 Å². The van der Waals surface area contributed by atoms with E-state index < -0.39 is 11.4 Å². The van der Waals surface area contributed by atoms with Crippen molar-refractivity contribution < 1.29 is 19.4 Å². The van der Waals surface area contributed by atoms with E-state index in [0.29, 0.717) is 26.3 Å². The topological polar surface area (TPSA) is 78.9 Å². The third-order valence-electron chi connectivity index (χ3n) is 5.22. The van der Waals surface area contributed by atoms with Crippen LogP contribution in [-0.4, -0.2) is 60.8 Å². The number of carbonyl (C=O) groups excluding carboxylic acids is 1. The lowest BCUT2D eigenvalue weighted by Crippen LogP contribution is -2.46. The highest BCUT2D eigenvalue weighted by Crippen LogP contribution is 2.49.